The Bertz CT molecular complexity index is 1150. The summed E-state index contributed by atoms with van der Waals surface area (Å²) in [6, 6.07) is 11.1. The zero-order valence-electron chi connectivity index (χ0n) is 18.5. The lowest BCUT2D eigenvalue weighted by Gasteiger charge is -2.27. The van der Waals surface area contributed by atoms with Gasteiger partial charge < -0.3 is 29.4 Å². The predicted molar refractivity (Wildman–Crippen MR) is 121 cm³/mol. The number of rotatable bonds is 7. The molecule has 3 aromatic rings. The molecule has 0 saturated heterocycles. The number of nitrogens with one attached hydrogen (secondary N) is 2. The molecule has 8 nitrogen and oxygen atoms in total. The maximum absolute atomic E-state index is 12.8. The first kappa shape index (κ1) is 21.5. The SMILES string of the molecule is COc1ccc2[nH]c3c(c2c1)CN(C(=O)CCC(=O)Nc1ccc(OC)c(OC)c1)CC3. The van der Waals surface area contributed by atoms with Crippen LogP contribution in [0.15, 0.2) is 36.4 Å². The van der Waals surface area contributed by atoms with Crippen LogP contribution in [-0.4, -0.2) is 49.6 Å². The highest BCUT2D eigenvalue weighted by molar-refractivity contribution is 5.94. The second-order valence-corrected chi connectivity index (χ2v) is 7.68. The molecule has 2 aromatic carbocycles. The largest absolute Gasteiger partial charge is 0.497 e. The van der Waals surface area contributed by atoms with Crippen LogP contribution in [0.1, 0.15) is 24.1 Å². The third-order valence-electron chi connectivity index (χ3n) is 5.77. The highest BCUT2D eigenvalue weighted by Gasteiger charge is 2.24. The van der Waals surface area contributed by atoms with Gasteiger partial charge >= 0.3 is 0 Å². The van der Waals surface area contributed by atoms with Gasteiger partial charge in [0.25, 0.3) is 0 Å². The number of aromatic amines is 1. The molecular weight excluding hydrogens is 410 g/mol. The Kier molecular flexibility index (Phi) is 6.20. The number of anilines is 1. The second kappa shape index (κ2) is 9.21. The normalized spacial score (nSPS) is 12.9. The summed E-state index contributed by atoms with van der Waals surface area (Å²) < 4.78 is 15.8. The number of hydrogen-bond acceptors (Lipinski definition) is 5. The van der Waals surface area contributed by atoms with Crippen LogP contribution < -0.4 is 19.5 Å². The molecule has 0 radical (unpaired) electrons. The smallest absolute Gasteiger partial charge is 0.224 e. The van der Waals surface area contributed by atoms with Gasteiger partial charge in [0.1, 0.15) is 5.75 Å². The van der Waals surface area contributed by atoms with Crippen molar-refractivity contribution in [1.29, 1.82) is 0 Å². The van der Waals surface area contributed by atoms with Gasteiger partial charge in [-0.15, -0.1) is 0 Å². The van der Waals surface area contributed by atoms with E-state index in [1.165, 1.54) is 7.11 Å². The first-order chi connectivity index (χ1) is 15.5. The van der Waals surface area contributed by atoms with Gasteiger partial charge in [-0.05, 0) is 30.3 Å². The van der Waals surface area contributed by atoms with Gasteiger partial charge in [-0.1, -0.05) is 0 Å². The molecule has 168 valence electrons. The number of amides is 2. The summed E-state index contributed by atoms with van der Waals surface area (Å²) >= 11 is 0. The highest BCUT2D eigenvalue weighted by atomic mass is 16.5. The highest BCUT2D eigenvalue weighted by Crippen LogP contribution is 2.31. The van der Waals surface area contributed by atoms with Crippen molar-refractivity contribution in [2.24, 2.45) is 0 Å². The van der Waals surface area contributed by atoms with E-state index >= 15 is 0 Å². The van der Waals surface area contributed by atoms with Crippen molar-refractivity contribution in [3.05, 3.63) is 47.7 Å². The minimum atomic E-state index is -0.222. The van der Waals surface area contributed by atoms with E-state index < -0.39 is 0 Å². The van der Waals surface area contributed by atoms with E-state index in [2.05, 4.69) is 10.3 Å². The molecule has 1 aromatic heterocycles. The van der Waals surface area contributed by atoms with Crippen molar-refractivity contribution in [3.63, 3.8) is 0 Å². The van der Waals surface area contributed by atoms with Gasteiger partial charge in [-0.3, -0.25) is 9.59 Å². The average Bonchev–Trinajstić information content (AvgIpc) is 3.19. The third-order valence-corrected chi connectivity index (χ3v) is 5.77. The molecule has 0 aliphatic carbocycles. The lowest BCUT2D eigenvalue weighted by molar-refractivity contribution is -0.133. The number of fused-ring (bicyclic) bond motifs is 3. The molecular formula is C24H27N3O5. The minimum absolute atomic E-state index is 0.0321. The van der Waals surface area contributed by atoms with Crippen LogP contribution in [0, 0.1) is 0 Å². The number of carbonyl (C=O) groups is 2. The summed E-state index contributed by atoms with van der Waals surface area (Å²) in [6.07, 6.45) is 1.02. The lowest BCUT2D eigenvalue weighted by Crippen LogP contribution is -2.36. The van der Waals surface area contributed by atoms with Gasteiger partial charge in [0.2, 0.25) is 11.8 Å². The molecule has 2 heterocycles. The third kappa shape index (κ3) is 4.34. The number of aromatic nitrogens is 1. The molecule has 0 spiro atoms. The van der Waals surface area contributed by atoms with E-state index in [1.54, 1.807) is 32.4 Å². The number of H-pyrrole nitrogens is 1. The van der Waals surface area contributed by atoms with E-state index in [0.29, 0.717) is 30.3 Å². The Labute approximate surface area is 186 Å². The first-order valence-corrected chi connectivity index (χ1v) is 10.5. The number of nitrogens with zero attached hydrogens (tertiary/aromatic N) is 1. The van der Waals surface area contributed by atoms with E-state index in [0.717, 1.165) is 34.3 Å². The summed E-state index contributed by atoms with van der Waals surface area (Å²) in [7, 11) is 4.73. The van der Waals surface area contributed by atoms with Crippen LogP contribution in [0.5, 0.6) is 17.2 Å². The number of benzene rings is 2. The van der Waals surface area contributed by atoms with E-state index in [-0.39, 0.29) is 24.7 Å². The lowest BCUT2D eigenvalue weighted by atomic mass is 10.0. The maximum atomic E-state index is 12.8. The molecule has 8 heteroatoms. The Hall–Kier alpha value is -3.68. The fourth-order valence-electron chi connectivity index (χ4n) is 4.05. The molecule has 32 heavy (non-hydrogen) atoms. The summed E-state index contributed by atoms with van der Waals surface area (Å²) in [5.74, 6) is 1.64. The second-order valence-electron chi connectivity index (χ2n) is 7.68. The molecule has 0 bridgehead atoms. The molecule has 0 fully saturated rings. The van der Waals surface area contributed by atoms with Crippen LogP contribution in [0.4, 0.5) is 5.69 Å². The summed E-state index contributed by atoms with van der Waals surface area (Å²) in [4.78, 5) is 30.5. The van der Waals surface area contributed by atoms with E-state index in [4.69, 9.17) is 14.2 Å². The molecule has 4 rings (SSSR count). The Morgan fingerprint density at radius 1 is 1.00 bits per heavy atom. The predicted octanol–water partition coefficient (Wildman–Crippen LogP) is 3.50. The van der Waals surface area contributed by atoms with Crippen LogP contribution in [0.25, 0.3) is 10.9 Å². The van der Waals surface area contributed by atoms with Gasteiger partial charge in [0, 0.05) is 66.3 Å². The monoisotopic (exact) mass is 437 g/mol. The van der Waals surface area contributed by atoms with Crippen LogP contribution in [0.3, 0.4) is 0 Å². The van der Waals surface area contributed by atoms with Crippen molar-refractivity contribution in [2.45, 2.75) is 25.8 Å². The van der Waals surface area contributed by atoms with Gasteiger partial charge in [-0.2, -0.15) is 0 Å². The fraction of sp³-hybridized carbons (Fsp3) is 0.333. The molecule has 0 saturated carbocycles. The van der Waals surface area contributed by atoms with Gasteiger partial charge in [-0.25, -0.2) is 0 Å². The van der Waals surface area contributed by atoms with Crippen molar-refractivity contribution in [3.8, 4) is 17.2 Å². The van der Waals surface area contributed by atoms with Gasteiger partial charge in [0.15, 0.2) is 11.5 Å². The maximum Gasteiger partial charge on any atom is 0.224 e. The quantitative estimate of drug-likeness (QED) is 0.590. The topological polar surface area (TPSA) is 92.9 Å². The summed E-state index contributed by atoms with van der Waals surface area (Å²) in [5, 5.41) is 3.88. The molecule has 2 amide bonds. The Morgan fingerprint density at radius 2 is 1.81 bits per heavy atom. The average molecular weight is 437 g/mol. The standard InChI is InChI=1S/C24H27N3O5/c1-30-16-5-6-19-17(13-16)18-14-27(11-10-20(18)26-19)24(29)9-8-23(28)25-15-4-7-21(31-2)22(12-15)32-3/h4-7,12-13,26H,8-11,14H2,1-3H3,(H,25,28). The van der Waals surface area contributed by atoms with Gasteiger partial charge in [0.05, 0.1) is 21.3 Å². The number of methoxy groups -OCH3 is 3. The zero-order chi connectivity index (χ0) is 22.7. The van der Waals surface area contributed by atoms with Crippen LogP contribution in [-0.2, 0) is 22.6 Å². The molecule has 1 aliphatic heterocycles. The number of ether oxygens (including phenoxy) is 3. The molecule has 1 aliphatic rings. The number of hydrogen-bond donors (Lipinski definition) is 2. The van der Waals surface area contributed by atoms with Crippen LogP contribution >= 0.6 is 0 Å². The molecule has 0 atom stereocenters. The minimum Gasteiger partial charge on any atom is -0.497 e. The summed E-state index contributed by atoms with van der Waals surface area (Å²) in [6.45, 7) is 1.16. The van der Waals surface area contributed by atoms with E-state index in [9.17, 15) is 9.59 Å². The summed E-state index contributed by atoms with van der Waals surface area (Å²) in [5.41, 5.74) is 3.91. The Balaban J connectivity index is 1.36. The van der Waals surface area contributed by atoms with Crippen molar-refractivity contribution < 1.29 is 23.8 Å². The van der Waals surface area contributed by atoms with Crippen molar-refractivity contribution in [2.75, 3.05) is 33.2 Å². The fourth-order valence-corrected chi connectivity index (χ4v) is 4.05. The molecule has 0 unspecified atom stereocenters. The first-order valence-electron chi connectivity index (χ1n) is 10.5. The zero-order valence-corrected chi connectivity index (χ0v) is 18.5. The number of carbonyl (C=O) groups excluding carboxylic acids is 2. The van der Waals surface area contributed by atoms with Crippen LogP contribution in [0.2, 0.25) is 0 Å². The van der Waals surface area contributed by atoms with E-state index in [1.807, 2.05) is 23.1 Å². The van der Waals surface area contributed by atoms with Crippen molar-refractivity contribution in [1.82, 2.24) is 9.88 Å². The molecule has 2 N–H and O–H groups in total. The Morgan fingerprint density at radius 3 is 2.56 bits per heavy atom. The van der Waals surface area contributed by atoms with Crippen molar-refractivity contribution >= 4 is 28.4 Å².